The molecule has 1 unspecified atom stereocenters. The molecule has 1 aromatic heterocycles. The van der Waals surface area contributed by atoms with Gasteiger partial charge in [-0.1, -0.05) is 12.1 Å². The second-order valence-electron chi connectivity index (χ2n) is 5.40. The number of likely N-dealkylation sites (N-methyl/N-ethyl adjacent to an activating group) is 1. The number of hydrogen-bond acceptors (Lipinski definition) is 2. The Morgan fingerprint density at radius 2 is 2.05 bits per heavy atom. The third-order valence-electron chi connectivity index (χ3n) is 3.43. The lowest BCUT2D eigenvalue weighted by atomic mass is 10.0. The first-order valence-corrected chi connectivity index (χ1v) is 7.04. The standard InChI is InChI=1S/C16H22FN3/c1-12(2)20-8-7-15(19-20)11-16(18-3)10-13-5-4-6-14(17)9-13/h4-9,12,16,18H,10-11H2,1-3H3. The SMILES string of the molecule is CNC(Cc1cccc(F)c1)Cc1ccn(C(C)C)n1. The van der Waals surface area contributed by atoms with Crippen molar-refractivity contribution < 1.29 is 4.39 Å². The molecule has 0 aliphatic rings. The van der Waals surface area contributed by atoms with Crippen LogP contribution in [-0.2, 0) is 12.8 Å². The summed E-state index contributed by atoms with van der Waals surface area (Å²) in [6.45, 7) is 4.22. The first-order chi connectivity index (χ1) is 9.58. The Bertz CT molecular complexity index is 548. The van der Waals surface area contributed by atoms with E-state index in [0.29, 0.717) is 6.04 Å². The highest BCUT2D eigenvalue weighted by Gasteiger charge is 2.11. The Hall–Kier alpha value is -1.68. The second-order valence-corrected chi connectivity index (χ2v) is 5.40. The zero-order valence-corrected chi connectivity index (χ0v) is 12.3. The first kappa shape index (κ1) is 14.7. The summed E-state index contributed by atoms with van der Waals surface area (Å²) in [6.07, 6.45) is 3.64. The topological polar surface area (TPSA) is 29.9 Å². The molecular weight excluding hydrogens is 253 g/mol. The fourth-order valence-corrected chi connectivity index (χ4v) is 2.25. The van der Waals surface area contributed by atoms with Gasteiger partial charge in [-0.2, -0.15) is 5.10 Å². The number of rotatable bonds is 6. The number of aromatic nitrogens is 2. The molecule has 0 fully saturated rings. The van der Waals surface area contributed by atoms with Crippen molar-refractivity contribution in [1.82, 2.24) is 15.1 Å². The molecule has 1 atom stereocenters. The number of benzene rings is 1. The predicted molar refractivity (Wildman–Crippen MR) is 79.3 cm³/mol. The fourth-order valence-electron chi connectivity index (χ4n) is 2.25. The second kappa shape index (κ2) is 6.66. The molecule has 1 heterocycles. The van der Waals surface area contributed by atoms with E-state index in [2.05, 4.69) is 30.3 Å². The molecule has 1 N–H and O–H groups in total. The third kappa shape index (κ3) is 3.90. The summed E-state index contributed by atoms with van der Waals surface area (Å²) in [5, 5.41) is 7.84. The Kier molecular flexibility index (Phi) is 4.90. The minimum atomic E-state index is -0.179. The molecule has 0 aliphatic heterocycles. The minimum Gasteiger partial charge on any atom is -0.316 e. The Labute approximate surface area is 119 Å². The van der Waals surface area contributed by atoms with Gasteiger partial charge in [0.2, 0.25) is 0 Å². The van der Waals surface area contributed by atoms with Gasteiger partial charge in [0.25, 0.3) is 0 Å². The minimum absolute atomic E-state index is 0.179. The first-order valence-electron chi connectivity index (χ1n) is 7.04. The molecular formula is C16H22FN3. The Morgan fingerprint density at radius 1 is 1.25 bits per heavy atom. The molecule has 2 rings (SSSR count). The molecule has 0 spiro atoms. The monoisotopic (exact) mass is 275 g/mol. The lowest BCUT2D eigenvalue weighted by Gasteiger charge is -2.15. The van der Waals surface area contributed by atoms with Gasteiger partial charge in [0.15, 0.2) is 0 Å². The van der Waals surface area contributed by atoms with Crippen molar-refractivity contribution in [3.63, 3.8) is 0 Å². The average Bonchev–Trinajstić information content (AvgIpc) is 2.87. The number of nitrogens with one attached hydrogen (secondary N) is 1. The van der Waals surface area contributed by atoms with E-state index >= 15 is 0 Å². The quantitative estimate of drug-likeness (QED) is 0.878. The summed E-state index contributed by atoms with van der Waals surface area (Å²) in [5.74, 6) is -0.179. The van der Waals surface area contributed by atoms with Crippen LogP contribution in [0.2, 0.25) is 0 Å². The Morgan fingerprint density at radius 3 is 2.65 bits per heavy atom. The molecule has 3 nitrogen and oxygen atoms in total. The predicted octanol–water partition coefficient (Wildman–Crippen LogP) is 2.98. The average molecular weight is 275 g/mol. The zero-order valence-electron chi connectivity index (χ0n) is 12.3. The van der Waals surface area contributed by atoms with E-state index in [1.54, 1.807) is 12.1 Å². The van der Waals surface area contributed by atoms with Crippen molar-refractivity contribution in [2.75, 3.05) is 7.05 Å². The molecule has 108 valence electrons. The van der Waals surface area contributed by atoms with Crippen molar-refractivity contribution in [2.24, 2.45) is 0 Å². The molecule has 0 bridgehead atoms. The van der Waals surface area contributed by atoms with E-state index < -0.39 is 0 Å². The molecule has 0 aliphatic carbocycles. The van der Waals surface area contributed by atoms with Crippen LogP contribution in [0.15, 0.2) is 36.5 Å². The van der Waals surface area contributed by atoms with Gasteiger partial charge in [-0.15, -0.1) is 0 Å². The van der Waals surface area contributed by atoms with E-state index in [4.69, 9.17) is 0 Å². The molecule has 0 saturated heterocycles. The molecule has 4 heteroatoms. The van der Waals surface area contributed by atoms with Gasteiger partial charge in [0.05, 0.1) is 5.69 Å². The maximum Gasteiger partial charge on any atom is 0.123 e. The normalized spacial score (nSPS) is 12.8. The highest BCUT2D eigenvalue weighted by atomic mass is 19.1. The van der Waals surface area contributed by atoms with Gasteiger partial charge in [-0.25, -0.2) is 4.39 Å². The van der Waals surface area contributed by atoms with Crippen LogP contribution in [0.5, 0.6) is 0 Å². The van der Waals surface area contributed by atoms with Gasteiger partial charge in [-0.3, -0.25) is 4.68 Å². The van der Waals surface area contributed by atoms with Crippen molar-refractivity contribution in [1.29, 1.82) is 0 Å². The number of halogens is 1. The van der Waals surface area contributed by atoms with E-state index in [1.807, 2.05) is 24.0 Å². The van der Waals surface area contributed by atoms with Crippen LogP contribution in [0.4, 0.5) is 4.39 Å². The van der Waals surface area contributed by atoms with Gasteiger partial charge in [-0.05, 0) is 51.1 Å². The van der Waals surface area contributed by atoms with E-state index in [-0.39, 0.29) is 11.9 Å². The molecule has 20 heavy (non-hydrogen) atoms. The third-order valence-corrected chi connectivity index (χ3v) is 3.43. The molecule has 0 radical (unpaired) electrons. The summed E-state index contributed by atoms with van der Waals surface area (Å²) in [6, 6.07) is 9.47. The molecule has 1 aromatic carbocycles. The van der Waals surface area contributed by atoms with Crippen molar-refractivity contribution in [3.05, 3.63) is 53.6 Å². The zero-order chi connectivity index (χ0) is 14.5. The number of hydrogen-bond donors (Lipinski definition) is 1. The van der Waals surface area contributed by atoms with Crippen LogP contribution >= 0.6 is 0 Å². The summed E-state index contributed by atoms with van der Waals surface area (Å²) in [5.41, 5.74) is 2.07. The van der Waals surface area contributed by atoms with E-state index in [0.717, 1.165) is 24.1 Å². The maximum atomic E-state index is 13.2. The molecule has 0 saturated carbocycles. The summed E-state index contributed by atoms with van der Waals surface area (Å²) < 4.78 is 15.2. The summed E-state index contributed by atoms with van der Waals surface area (Å²) >= 11 is 0. The summed E-state index contributed by atoms with van der Waals surface area (Å²) in [7, 11) is 1.93. The number of nitrogens with zero attached hydrogens (tertiary/aromatic N) is 2. The van der Waals surface area contributed by atoms with Gasteiger partial charge in [0, 0.05) is 24.7 Å². The van der Waals surface area contributed by atoms with Crippen LogP contribution in [0.1, 0.15) is 31.1 Å². The fraction of sp³-hybridized carbons (Fsp3) is 0.438. The van der Waals surface area contributed by atoms with Crippen molar-refractivity contribution in [3.8, 4) is 0 Å². The summed E-state index contributed by atoms with van der Waals surface area (Å²) in [4.78, 5) is 0. The van der Waals surface area contributed by atoms with Crippen molar-refractivity contribution in [2.45, 2.75) is 38.8 Å². The van der Waals surface area contributed by atoms with Gasteiger partial charge < -0.3 is 5.32 Å². The van der Waals surface area contributed by atoms with Crippen LogP contribution < -0.4 is 5.32 Å². The largest absolute Gasteiger partial charge is 0.316 e. The highest BCUT2D eigenvalue weighted by molar-refractivity contribution is 5.18. The van der Waals surface area contributed by atoms with Gasteiger partial charge in [0.1, 0.15) is 5.82 Å². The molecule has 2 aromatic rings. The van der Waals surface area contributed by atoms with Crippen LogP contribution in [0, 0.1) is 5.82 Å². The molecule has 0 amide bonds. The Balaban J connectivity index is 2.01. The van der Waals surface area contributed by atoms with Crippen LogP contribution in [0.25, 0.3) is 0 Å². The highest BCUT2D eigenvalue weighted by Crippen LogP contribution is 2.11. The van der Waals surface area contributed by atoms with Crippen LogP contribution in [-0.4, -0.2) is 22.9 Å². The maximum absolute atomic E-state index is 13.2. The van der Waals surface area contributed by atoms with Gasteiger partial charge >= 0.3 is 0 Å². The van der Waals surface area contributed by atoms with Crippen LogP contribution in [0.3, 0.4) is 0 Å². The van der Waals surface area contributed by atoms with E-state index in [1.165, 1.54) is 6.07 Å². The van der Waals surface area contributed by atoms with E-state index in [9.17, 15) is 4.39 Å². The smallest absolute Gasteiger partial charge is 0.123 e. The lowest BCUT2D eigenvalue weighted by molar-refractivity contribution is 0.507. The van der Waals surface area contributed by atoms with Crippen molar-refractivity contribution >= 4 is 0 Å². The lowest BCUT2D eigenvalue weighted by Crippen LogP contribution is -2.30.